The molecule has 7 nitrogen and oxygen atoms in total. The average Bonchev–Trinajstić information content (AvgIpc) is 3.41. The lowest BCUT2D eigenvalue weighted by Gasteiger charge is -2.65. The number of aliphatic hydroxyl groups is 1. The lowest BCUT2D eigenvalue weighted by molar-refractivity contribution is -0.217. The monoisotopic (exact) mass is 472 g/mol. The van der Waals surface area contributed by atoms with Crippen LogP contribution in [0.15, 0.2) is 0 Å². The van der Waals surface area contributed by atoms with Crippen LogP contribution in [-0.2, 0) is 16.0 Å². The summed E-state index contributed by atoms with van der Waals surface area (Å²) in [6.07, 6.45) is 9.46. The molecule has 0 amide bonds. The van der Waals surface area contributed by atoms with Crippen LogP contribution >= 0.6 is 0 Å². The highest BCUT2D eigenvalue weighted by molar-refractivity contribution is 5.66. The van der Waals surface area contributed by atoms with Gasteiger partial charge in [-0.05, 0) is 108 Å². The summed E-state index contributed by atoms with van der Waals surface area (Å²) in [4.78, 5) is 12.4. The standard InChI is InChI=1S/C27H44N4O3/c1-6-18-22-14-17(33)9-11-27(22,5)21-10-12-26(4)19(15(2)13-23-28-30-31-29-23)7-8-20(26)24(21)25(18)34-16(3)32/h15,17-22,24-25,33H,6-14H2,1-5H3,(H,28,29,30,31)/t15-,17-,18-,19?,20+,21+,22+,24+,25-,26-,27-/m1/s1. The van der Waals surface area contributed by atoms with E-state index in [1.54, 1.807) is 6.92 Å². The Morgan fingerprint density at radius 1 is 1.15 bits per heavy atom. The van der Waals surface area contributed by atoms with Gasteiger partial charge in [-0.3, -0.25) is 4.79 Å². The van der Waals surface area contributed by atoms with Crippen LogP contribution in [0, 0.1) is 52.3 Å². The highest BCUT2D eigenvalue weighted by Crippen LogP contribution is 2.69. The van der Waals surface area contributed by atoms with Crippen LogP contribution in [0.4, 0.5) is 0 Å². The zero-order chi connectivity index (χ0) is 24.3. The van der Waals surface area contributed by atoms with Crippen LogP contribution in [0.25, 0.3) is 0 Å². The van der Waals surface area contributed by atoms with Crippen molar-refractivity contribution >= 4 is 5.97 Å². The number of hydrogen-bond donors (Lipinski definition) is 2. The molecule has 5 rings (SSSR count). The fraction of sp³-hybridized carbons (Fsp3) is 0.926. The first-order valence-corrected chi connectivity index (χ1v) is 13.8. The smallest absolute Gasteiger partial charge is 0.302 e. The molecule has 0 radical (unpaired) electrons. The van der Waals surface area contributed by atoms with Gasteiger partial charge in [0, 0.05) is 19.3 Å². The Bertz CT molecular complexity index is 877. The van der Waals surface area contributed by atoms with Crippen LogP contribution in [0.5, 0.6) is 0 Å². The van der Waals surface area contributed by atoms with Gasteiger partial charge >= 0.3 is 5.97 Å². The fourth-order valence-electron chi connectivity index (χ4n) is 9.97. The quantitative estimate of drug-likeness (QED) is 0.609. The molecule has 2 N–H and O–H groups in total. The lowest BCUT2D eigenvalue weighted by atomic mass is 9.41. The summed E-state index contributed by atoms with van der Waals surface area (Å²) in [5.74, 6) is 4.22. The number of aliphatic hydroxyl groups excluding tert-OH is 1. The third-order valence-electron chi connectivity index (χ3n) is 11.3. The Balaban J connectivity index is 1.49. The number of rotatable bonds is 5. The molecule has 0 aliphatic heterocycles. The molecule has 4 fully saturated rings. The molecule has 1 aromatic heterocycles. The lowest BCUT2D eigenvalue weighted by Crippen LogP contribution is -2.63. The second kappa shape index (κ2) is 8.86. The summed E-state index contributed by atoms with van der Waals surface area (Å²) in [5.41, 5.74) is 0.486. The Morgan fingerprint density at radius 2 is 1.88 bits per heavy atom. The first-order valence-electron chi connectivity index (χ1n) is 13.8. The maximum absolute atomic E-state index is 12.4. The van der Waals surface area contributed by atoms with Crippen molar-refractivity contribution in [1.29, 1.82) is 0 Å². The van der Waals surface area contributed by atoms with Crippen LogP contribution < -0.4 is 0 Å². The predicted octanol–water partition coefficient (Wildman–Crippen LogP) is 4.58. The zero-order valence-electron chi connectivity index (χ0n) is 21.7. The van der Waals surface area contributed by atoms with Gasteiger partial charge in [-0.2, -0.15) is 0 Å². The molecule has 4 saturated carbocycles. The number of ether oxygens (including phenoxy) is 1. The van der Waals surface area contributed by atoms with Crippen LogP contribution in [0.3, 0.4) is 0 Å². The first-order chi connectivity index (χ1) is 16.2. The molecule has 34 heavy (non-hydrogen) atoms. The van der Waals surface area contributed by atoms with Crippen molar-refractivity contribution in [1.82, 2.24) is 20.6 Å². The molecular weight excluding hydrogens is 428 g/mol. The average molecular weight is 473 g/mol. The van der Waals surface area contributed by atoms with Gasteiger partial charge in [-0.1, -0.05) is 27.7 Å². The minimum atomic E-state index is -0.210. The molecule has 1 heterocycles. The highest BCUT2D eigenvalue weighted by atomic mass is 16.5. The van der Waals surface area contributed by atoms with Crippen molar-refractivity contribution in [2.24, 2.45) is 52.3 Å². The molecule has 7 heteroatoms. The summed E-state index contributed by atoms with van der Waals surface area (Å²) < 4.78 is 6.28. The molecule has 190 valence electrons. The number of carbonyl (C=O) groups excluding carboxylic acids is 1. The number of esters is 1. The number of aromatic nitrogens is 4. The number of aromatic amines is 1. The Morgan fingerprint density at radius 3 is 2.56 bits per heavy atom. The van der Waals surface area contributed by atoms with Gasteiger partial charge in [0.05, 0.1) is 6.10 Å². The van der Waals surface area contributed by atoms with Gasteiger partial charge in [-0.15, -0.1) is 5.10 Å². The van der Waals surface area contributed by atoms with E-state index in [0.29, 0.717) is 41.4 Å². The van der Waals surface area contributed by atoms with Gasteiger partial charge in [-0.25, -0.2) is 5.10 Å². The van der Waals surface area contributed by atoms with Crippen molar-refractivity contribution in [3.63, 3.8) is 0 Å². The van der Waals surface area contributed by atoms with E-state index in [0.717, 1.165) is 37.9 Å². The molecular formula is C27H44N4O3. The topological polar surface area (TPSA) is 101 Å². The predicted molar refractivity (Wildman–Crippen MR) is 128 cm³/mol. The second-order valence-corrected chi connectivity index (χ2v) is 12.7. The van der Waals surface area contributed by atoms with Crippen molar-refractivity contribution < 1.29 is 14.6 Å². The van der Waals surface area contributed by atoms with E-state index in [2.05, 4.69) is 48.3 Å². The summed E-state index contributed by atoms with van der Waals surface area (Å²) in [6.45, 7) is 11.3. The molecule has 4 aliphatic rings. The summed E-state index contributed by atoms with van der Waals surface area (Å²) in [6, 6.07) is 0. The zero-order valence-corrected chi connectivity index (χ0v) is 21.7. The number of fused-ring (bicyclic) bond motifs is 5. The van der Waals surface area contributed by atoms with Crippen molar-refractivity contribution in [2.75, 3.05) is 0 Å². The van der Waals surface area contributed by atoms with E-state index in [-0.39, 0.29) is 29.0 Å². The highest BCUT2D eigenvalue weighted by Gasteiger charge is 2.65. The minimum absolute atomic E-state index is 0.0203. The number of H-pyrrole nitrogens is 1. The number of nitrogens with one attached hydrogen (secondary N) is 1. The SMILES string of the molecule is CC[C@H]1[C@@H](OC(C)=O)[C@@H]2[C@H](CC[C@]3(C)C([C@H](C)Cc4nnn[nH]4)CC[C@@H]23)[C@@]2(C)CC[C@@H](O)C[C@@H]12. The van der Waals surface area contributed by atoms with Crippen molar-refractivity contribution in [3.8, 4) is 0 Å². The Labute approximate surface area is 204 Å². The van der Waals surface area contributed by atoms with Crippen molar-refractivity contribution in [2.45, 2.75) is 105 Å². The molecule has 0 aromatic carbocycles. The van der Waals surface area contributed by atoms with Crippen LogP contribution in [-0.4, -0.2) is 43.9 Å². The van der Waals surface area contributed by atoms with E-state index in [9.17, 15) is 9.90 Å². The van der Waals surface area contributed by atoms with Crippen LogP contribution in [0.2, 0.25) is 0 Å². The number of tetrazole rings is 1. The van der Waals surface area contributed by atoms with E-state index in [1.807, 2.05) is 0 Å². The molecule has 0 spiro atoms. The van der Waals surface area contributed by atoms with E-state index in [4.69, 9.17) is 4.74 Å². The maximum Gasteiger partial charge on any atom is 0.302 e. The molecule has 1 aromatic rings. The fourth-order valence-corrected chi connectivity index (χ4v) is 9.97. The van der Waals surface area contributed by atoms with Crippen LogP contribution in [0.1, 0.15) is 91.8 Å². The van der Waals surface area contributed by atoms with Gasteiger partial charge in [0.2, 0.25) is 0 Å². The number of carbonyl (C=O) groups is 1. The Hall–Kier alpha value is -1.50. The third-order valence-corrected chi connectivity index (χ3v) is 11.3. The number of hydrogen-bond acceptors (Lipinski definition) is 6. The third kappa shape index (κ3) is 3.72. The van der Waals surface area contributed by atoms with E-state index in [1.165, 1.54) is 25.7 Å². The minimum Gasteiger partial charge on any atom is -0.462 e. The van der Waals surface area contributed by atoms with Gasteiger partial charge in [0.25, 0.3) is 0 Å². The van der Waals surface area contributed by atoms with Gasteiger partial charge < -0.3 is 9.84 Å². The molecule has 0 saturated heterocycles. The normalized spacial score (nSPS) is 46.8. The van der Waals surface area contributed by atoms with Gasteiger partial charge in [0.15, 0.2) is 0 Å². The Kier molecular flexibility index (Phi) is 6.31. The number of nitrogens with zero attached hydrogens (tertiary/aromatic N) is 3. The van der Waals surface area contributed by atoms with E-state index >= 15 is 0 Å². The second-order valence-electron chi connectivity index (χ2n) is 12.7. The molecule has 1 unspecified atom stereocenters. The molecule has 0 bridgehead atoms. The summed E-state index contributed by atoms with van der Waals surface area (Å²) in [7, 11) is 0. The summed E-state index contributed by atoms with van der Waals surface area (Å²) in [5, 5.41) is 25.3. The van der Waals surface area contributed by atoms with E-state index < -0.39 is 0 Å². The summed E-state index contributed by atoms with van der Waals surface area (Å²) >= 11 is 0. The molecule has 4 aliphatic carbocycles. The van der Waals surface area contributed by atoms with Gasteiger partial charge in [0.1, 0.15) is 11.9 Å². The first kappa shape index (κ1) is 24.2. The largest absolute Gasteiger partial charge is 0.462 e. The molecule has 11 atom stereocenters. The van der Waals surface area contributed by atoms with Crippen molar-refractivity contribution in [3.05, 3.63) is 5.82 Å². The maximum atomic E-state index is 12.4.